The van der Waals surface area contributed by atoms with Gasteiger partial charge in [-0.2, -0.15) is 5.26 Å². The maximum atomic E-state index is 9.12. The van der Waals surface area contributed by atoms with Crippen LogP contribution in [-0.4, -0.2) is 44.9 Å². The van der Waals surface area contributed by atoms with Gasteiger partial charge in [-0.15, -0.1) is 11.6 Å². The second kappa shape index (κ2) is 7.49. The molecular formula is C13H16ClN3O2. The molecule has 0 aliphatic carbocycles. The molecule has 0 spiro atoms. The number of alkyl halides is 1. The Morgan fingerprint density at radius 2 is 2.16 bits per heavy atom. The van der Waals surface area contributed by atoms with Crippen molar-refractivity contribution < 1.29 is 9.47 Å². The lowest BCUT2D eigenvalue weighted by atomic mass is 10.1. The summed E-state index contributed by atoms with van der Waals surface area (Å²) in [5, 5.41) is 9.12. The molecule has 19 heavy (non-hydrogen) atoms. The summed E-state index contributed by atoms with van der Waals surface area (Å²) in [6.45, 7) is 0.362. The molecule has 0 saturated heterocycles. The largest absolute Gasteiger partial charge is 0.493 e. The van der Waals surface area contributed by atoms with E-state index in [-0.39, 0.29) is 0 Å². The number of hydrogen-bond donors (Lipinski definition) is 0. The van der Waals surface area contributed by atoms with Gasteiger partial charge in [-0.3, -0.25) is 0 Å². The Hall–Kier alpha value is -1.93. The first-order chi connectivity index (χ1) is 9.12. The van der Waals surface area contributed by atoms with E-state index in [1.165, 1.54) is 7.11 Å². The van der Waals surface area contributed by atoms with Gasteiger partial charge in [0, 0.05) is 26.2 Å². The number of nitriles is 1. The van der Waals surface area contributed by atoms with Gasteiger partial charge in [0.1, 0.15) is 12.7 Å². The summed E-state index contributed by atoms with van der Waals surface area (Å²) in [6, 6.07) is 5.36. The summed E-state index contributed by atoms with van der Waals surface area (Å²) in [6.07, 6.45) is 1.62. The number of halogens is 1. The maximum Gasteiger partial charge on any atom is 0.163 e. The van der Waals surface area contributed by atoms with Crippen molar-refractivity contribution in [2.75, 3.05) is 33.7 Å². The molecule has 0 atom stereocenters. The Bertz CT molecular complexity index is 495. The van der Waals surface area contributed by atoms with Gasteiger partial charge in [0.05, 0.1) is 30.6 Å². The van der Waals surface area contributed by atoms with E-state index in [4.69, 9.17) is 26.3 Å². The highest BCUT2D eigenvalue weighted by Crippen LogP contribution is 2.34. The summed E-state index contributed by atoms with van der Waals surface area (Å²) in [4.78, 5) is 6.01. The van der Waals surface area contributed by atoms with Gasteiger partial charge in [-0.1, -0.05) is 0 Å². The molecule has 0 aromatic heterocycles. The number of nitrogens with zero attached hydrogens (tertiary/aromatic N) is 3. The molecule has 0 radical (unpaired) electrons. The van der Waals surface area contributed by atoms with Crippen molar-refractivity contribution in [3.05, 3.63) is 17.7 Å². The van der Waals surface area contributed by atoms with Gasteiger partial charge in [0.2, 0.25) is 0 Å². The number of benzene rings is 1. The maximum absolute atomic E-state index is 9.12. The van der Waals surface area contributed by atoms with E-state index >= 15 is 0 Å². The van der Waals surface area contributed by atoms with Crippen LogP contribution in [0.2, 0.25) is 0 Å². The lowest BCUT2D eigenvalue weighted by Gasteiger charge is -2.11. The van der Waals surface area contributed by atoms with Crippen molar-refractivity contribution in [3.63, 3.8) is 0 Å². The molecule has 0 unspecified atom stereocenters. The van der Waals surface area contributed by atoms with E-state index in [1.54, 1.807) is 23.4 Å². The van der Waals surface area contributed by atoms with Crippen molar-refractivity contribution >= 4 is 23.6 Å². The van der Waals surface area contributed by atoms with Gasteiger partial charge in [0.25, 0.3) is 0 Å². The molecule has 5 nitrogen and oxygen atoms in total. The van der Waals surface area contributed by atoms with Gasteiger partial charge in [-0.25, -0.2) is 4.99 Å². The third kappa shape index (κ3) is 4.34. The highest BCUT2D eigenvalue weighted by atomic mass is 35.5. The second-order valence-corrected chi connectivity index (χ2v) is 4.26. The monoisotopic (exact) mass is 281 g/mol. The van der Waals surface area contributed by atoms with Crippen LogP contribution in [0, 0.1) is 11.3 Å². The van der Waals surface area contributed by atoms with Crippen molar-refractivity contribution in [3.8, 4) is 17.6 Å². The van der Waals surface area contributed by atoms with Crippen LogP contribution < -0.4 is 9.47 Å². The molecule has 6 heteroatoms. The molecule has 1 aromatic carbocycles. The third-order valence-corrected chi connectivity index (χ3v) is 2.32. The fraction of sp³-hybridized carbons (Fsp3) is 0.385. The van der Waals surface area contributed by atoms with Crippen molar-refractivity contribution in [1.29, 1.82) is 5.26 Å². The summed E-state index contributed by atoms with van der Waals surface area (Å²) in [5.41, 5.74) is 0.953. The van der Waals surface area contributed by atoms with E-state index in [9.17, 15) is 0 Å². The third-order valence-electron chi connectivity index (χ3n) is 2.16. The van der Waals surface area contributed by atoms with E-state index in [0.29, 0.717) is 35.2 Å². The smallest absolute Gasteiger partial charge is 0.163 e. The Labute approximate surface area is 118 Å². The SMILES string of the molecule is COc1cc(C#N)c(N=CN(C)C)cc1OCCCl. The van der Waals surface area contributed by atoms with Crippen LogP contribution in [-0.2, 0) is 0 Å². The Kier molecular flexibility index (Phi) is 5.97. The first kappa shape index (κ1) is 15.1. The first-order valence-electron chi connectivity index (χ1n) is 5.64. The zero-order chi connectivity index (χ0) is 14.3. The fourth-order valence-electron chi connectivity index (χ4n) is 1.34. The quantitative estimate of drug-likeness (QED) is 0.456. The fourth-order valence-corrected chi connectivity index (χ4v) is 1.42. The van der Waals surface area contributed by atoms with Crippen LogP contribution in [0.4, 0.5) is 5.69 Å². The number of methoxy groups -OCH3 is 1. The number of aliphatic imine (C=N–C) groups is 1. The Morgan fingerprint density at radius 1 is 1.42 bits per heavy atom. The van der Waals surface area contributed by atoms with Gasteiger partial charge < -0.3 is 14.4 Å². The van der Waals surface area contributed by atoms with Crippen LogP contribution in [0.15, 0.2) is 17.1 Å². The topological polar surface area (TPSA) is 57.8 Å². The predicted molar refractivity (Wildman–Crippen MR) is 75.8 cm³/mol. The minimum absolute atomic E-state index is 0.362. The van der Waals surface area contributed by atoms with E-state index < -0.39 is 0 Å². The van der Waals surface area contributed by atoms with Crippen LogP contribution in [0.1, 0.15) is 5.56 Å². The molecule has 0 aliphatic heterocycles. The molecule has 0 fully saturated rings. The van der Waals surface area contributed by atoms with Crippen LogP contribution in [0.3, 0.4) is 0 Å². The van der Waals surface area contributed by atoms with E-state index in [2.05, 4.69) is 11.1 Å². The van der Waals surface area contributed by atoms with Crippen molar-refractivity contribution in [2.24, 2.45) is 4.99 Å². The molecule has 0 bridgehead atoms. The summed E-state index contributed by atoms with van der Waals surface area (Å²) < 4.78 is 10.7. The summed E-state index contributed by atoms with van der Waals surface area (Å²) in [7, 11) is 5.22. The first-order valence-corrected chi connectivity index (χ1v) is 6.17. The van der Waals surface area contributed by atoms with Crippen LogP contribution in [0.5, 0.6) is 11.5 Å². The standard InChI is InChI=1S/C13H16ClN3O2/c1-17(2)9-16-11-7-13(19-5-4-14)12(18-3)6-10(11)8-15/h6-7,9H,4-5H2,1-3H3. The lowest BCUT2D eigenvalue weighted by Crippen LogP contribution is -2.07. The van der Waals surface area contributed by atoms with Gasteiger partial charge >= 0.3 is 0 Å². The average molecular weight is 282 g/mol. The lowest BCUT2D eigenvalue weighted by molar-refractivity contribution is 0.313. The van der Waals surface area contributed by atoms with E-state index in [0.717, 1.165) is 0 Å². The van der Waals surface area contributed by atoms with Crippen molar-refractivity contribution in [1.82, 2.24) is 4.90 Å². The molecule has 0 aliphatic rings. The molecule has 102 valence electrons. The van der Waals surface area contributed by atoms with Crippen LogP contribution >= 0.6 is 11.6 Å². The van der Waals surface area contributed by atoms with Gasteiger partial charge in [-0.05, 0) is 0 Å². The Balaban J connectivity index is 3.18. The minimum atomic E-state index is 0.362. The molecule has 0 amide bonds. The Morgan fingerprint density at radius 3 is 2.68 bits per heavy atom. The highest BCUT2D eigenvalue weighted by Gasteiger charge is 2.11. The minimum Gasteiger partial charge on any atom is -0.493 e. The number of hydrogen-bond acceptors (Lipinski definition) is 4. The zero-order valence-corrected chi connectivity index (χ0v) is 11.9. The number of rotatable bonds is 6. The molecule has 1 rings (SSSR count). The summed E-state index contributed by atoms with van der Waals surface area (Å²) >= 11 is 5.59. The molecular weight excluding hydrogens is 266 g/mol. The van der Waals surface area contributed by atoms with Gasteiger partial charge in [0.15, 0.2) is 11.5 Å². The second-order valence-electron chi connectivity index (χ2n) is 3.88. The summed E-state index contributed by atoms with van der Waals surface area (Å²) in [5.74, 6) is 1.39. The molecule has 0 N–H and O–H groups in total. The normalized spacial score (nSPS) is 10.3. The van der Waals surface area contributed by atoms with E-state index in [1.807, 2.05) is 14.1 Å². The number of ether oxygens (including phenoxy) is 2. The molecule has 0 saturated carbocycles. The van der Waals surface area contributed by atoms with Crippen molar-refractivity contribution in [2.45, 2.75) is 0 Å². The highest BCUT2D eigenvalue weighted by molar-refractivity contribution is 6.18. The van der Waals surface area contributed by atoms with Crippen LogP contribution in [0.25, 0.3) is 0 Å². The molecule has 1 aromatic rings. The molecule has 0 heterocycles. The average Bonchev–Trinajstić information content (AvgIpc) is 2.42. The zero-order valence-electron chi connectivity index (χ0n) is 11.2. The predicted octanol–water partition coefficient (Wildman–Crippen LogP) is 2.41.